The molecule has 0 aromatic heterocycles. The molecule has 1 rings (SSSR count). The van der Waals surface area contributed by atoms with Crippen molar-refractivity contribution in [3.63, 3.8) is 0 Å². The average molecular weight is 154 g/mol. The Kier molecular flexibility index (Phi) is 3.43. The Hall–Kier alpha value is -0.500. The highest BCUT2D eigenvalue weighted by molar-refractivity contribution is 4.96. The first-order valence-electron chi connectivity index (χ1n) is 4.42. The maximum Gasteiger partial charge on any atom is 0.00404 e. The van der Waals surface area contributed by atoms with Crippen LogP contribution in [-0.4, -0.2) is 25.0 Å². The van der Waals surface area contributed by atoms with Crippen molar-refractivity contribution >= 4 is 0 Å². The molecule has 0 radical (unpaired) electrons. The number of nitrogens with zero attached hydrogens (tertiary/aromatic N) is 1. The minimum Gasteiger partial charge on any atom is -0.402 e. The van der Waals surface area contributed by atoms with Gasteiger partial charge in [0.05, 0.1) is 0 Å². The van der Waals surface area contributed by atoms with Gasteiger partial charge in [-0.05, 0) is 45.8 Å². The van der Waals surface area contributed by atoms with Crippen LogP contribution in [0.4, 0.5) is 0 Å². The molecule has 0 fully saturated rings. The summed E-state index contributed by atoms with van der Waals surface area (Å²) in [6, 6.07) is 0. The van der Waals surface area contributed by atoms with E-state index in [1.54, 1.807) is 0 Å². The molecule has 0 bridgehead atoms. The van der Waals surface area contributed by atoms with Crippen LogP contribution < -0.4 is 5.73 Å². The third-order valence-electron chi connectivity index (χ3n) is 2.16. The lowest BCUT2D eigenvalue weighted by atomic mass is 10.2. The Morgan fingerprint density at radius 1 is 1.36 bits per heavy atom. The van der Waals surface area contributed by atoms with Crippen molar-refractivity contribution in [3.8, 4) is 0 Å². The molecule has 1 heterocycles. The van der Waals surface area contributed by atoms with E-state index in [0.29, 0.717) is 0 Å². The molecule has 2 heteroatoms. The molecule has 0 aromatic rings. The van der Waals surface area contributed by atoms with Gasteiger partial charge in [0.2, 0.25) is 0 Å². The minimum atomic E-state index is 1.07. The van der Waals surface area contributed by atoms with Crippen molar-refractivity contribution in [2.75, 3.05) is 20.1 Å². The highest BCUT2D eigenvalue weighted by Gasteiger charge is 2.01. The van der Waals surface area contributed by atoms with Crippen molar-refractivity contribution in [3.05, 3.63) is 11.8 Å². The predicted octanol–water partition coefficient (Wildman–Crippen LogP) is 1.33. The van der Waals surface area contributed by atoms with E-state index in [0.717, 1.165) is 18.5 Å². The zero-order valence-corrected chi connectivity index (χ0v) is 7.34. The summed E-state index contributed by atoms with van der Waals surface area (Å²) in [6.07, 6.45) is 6.86. The number of allylic oxidation sites excluding steroid dienone is 2. The van der Waals surface area contributed by atoms with E-state index in [1.807, 2.05) is 0 Å². The van der Waals surface area contributed by atoms with E-state index < -0.39 is 0 Å². The summed E-state index contributed by atoms with van der Waals surface area (Å²) in [7, 11) is 2.18. The van der Waals surface area contributed by atoms with E-state index in [1.165, 1.54) is 25.9 Å². The van der Waals surface area contributed by atoms with Crippen molar-refractivity contribution in [2.45, 2.75) is 25.7 Å². The first-order valence-corrected chi connectivity index (χ1v) is 4.42. The highest BCUT2D eigenvalue weighted by atomic mass is 15.1. The van der Waals surface area contributed by atoms with Gasteiger partial charge in [-0.15, -0.1) is 0 Å². The number of hydrogen-bond donors (Lipinski definition) is 1. The molecule has 1 aliphatic heterocycles. The van der Waals surface area contributed by atoms with Crippen LogP contribution in [0.25, 0.3) is 0 Å². The van der Waals surface area contributed by atoms with Crippen molar-refractivity contribution in [1.29, 1.82) is 0 Å². The molecule has 0 unspecified atom stereocenters. The SMILES string of the molecule is CN1CCC/C=C(/N)CCC1. The molecular formula is C9H18N2. The third-order valence-corrected chi connectivity index (χ3v) is 2.16. The van der Waals surface area contributed by atoms with E-state index in [-0.39, 0.29) is 0 Å². The van der Waals surface area contributed by atoms with Crippen LogP contribution in [0.15, 0.2) is 11.8 Å². The second-order valence-corrected chi connectivity index (χ2v) is 3.33. The van der Waals surface area contributed by atoms with E-state index in [9.17, 15) is 0 Å². The van der Waals surface area contributed by atoms with Crippen LogP contribution in [-0.2, 0) is 0 Å². The van der Waals surface area contributed by atoms with Crippen LogP contribution in [0, 0.1) is 0 Å². The molecule has 1 aliphatic rings. The molecule has 0 aromatic carbocycles. The average Bonchev–Trinajstić information content (AvgIpc) is 2.04. The molecule has 2 nitrogen and oxygen atoms in total. The molecular weight excluding hydrogens is 136 g/mol. The topological polar surface area (TPSA) is 29.3 Å². The molecule has 2 N–H and O–H groups in total. The fourth-order valence-electron chi connectivity index (χ4n) is 1.42. The fourth-order valence-corrected chi connectivity index (χ4v) is 1.42. The summed E-state index contributed by atoms with van der Waals surface area (Å²) in [6.45, 7) is 2.40. The van der Waals surface area contributed by atoms with Crippen LogP contribution in [0.3, 0.4) is 0 Å². The monoisotopic (exact) mass is 154 g/mol. The summed E-state index contributed by atoms with van der Waals surface area (Å²) >= 11 is 0. The fraction of sp³-hybridized carbons (Fsp3) is 0.778. The van der Waals surface area contributed by atoms with Gasteiger partial charge in [0.25, 0.3) is 0 Å². The lowest BCUT2D eigenvalue weighted by Crippen LogP contribution is -2.20. The Bertz CT molecular complexity index is 140. The van der Waals surface area contributed by atoms with Gasteiger partial charge in [0, 0.05) is 5.70 Å². The molecule has 0 atom stereocenters. The first-order chi connectivity index (χ1) is 5.29. The predicted molar refractivity (Wildman–Crippen MR) is 48.2 cm³/mol. The van der Waals surface area contributed by atoms with Crippen LogP contribution in [0.5, 0.6) is 0 Å². The van der Waals surface area contributed by atoms with Gasteiger partial charge in [-0.3, -0.25) is 0 Å². The quantitative estimate of drug-likeness (QED) is 0.570. The first kappa shape index (κ1) is 8.60. The number of nitrogens with two attached hydrogens (primary N) is 1. The maximum atomic E-state index is 5.76. The van der Waals surface area contributed by atoms with Crippen LogP contribution in [0.1, 0.15) is 25.7 Å². The second-order valence-electron chi connectivity index (χ2n) is 3.33. The highest BCUT2D eigenvalue weighted by Crippen LogP contribution is 2.06. The van der Waals surface area contributed by atoms with E-state index in [4.69, 9.17) is 5.73 Å². The zero-order chi connectivity index (χ0) is 8.10. The smallest absolute Gasteiger partial charge is 0.00404 e. The zero-order valence-electron chi connectivity index (χ0n) is 7.34. The van der Waals surface area contributed by atoms with E-state index in [2.05, 4.69) is 18.0 Å². The molecule has 0 aliphatic carbocycles. The van der Waals surface area contributed by atoms with Crippen molar-refractivity contribution in [2.24, 2.45) is 5.73 Å². The lowest BCUT2D eigenvalue weighted by Gasteiger charge is -2.13. The summed E-state index contributed by atoms with van der Waals surface area (Å²) < 4.78 is 0. The summed E-state index contributed by atoms with van der Waals surface area (Å²) in [5.41, 5.74) is 6.85. The number of hydrogen-bond acceptors (Lipinski definition) is 2. The summed E-state index contributed by atoms with van der Waals surface area (Å²) in [5.74, 6) is 0. The van der Waals surface area contributed by atoms with Gasteiger partial charge in [-0.1, -0.05) is 6.08 Å². The van der Waals surface area contributed by atoms with Crippen LogP contribution in [0.2, 0.25) is 0 Å². The normalized spacial score (nSPS) is 27.9. The van der Waals surface area contributed by atoms with Gasteiger partial charge in [-0.25, -0.2) is 0 Å². The summed E-state index contributed by atoms with van der Waals surface area (Å²) in [5, 5.41) is 0. The van der Waals surface area contributed by atoms with Gasteiger partial charge in [0.15, 0.2) is 0 Å². The third kappa shape index (κ3) is 3.42. The van der Waals surface area contributed by atoms with Crippen molar-refractivity contribution in [1.82, 2.24) is 4.90 Å². The van der Waals surface area contributed by atoms with Gasteiger partial charge in [0.1, 0.15) is 0 Å². The Labute approximate surface area is 69.1 Å². The molecule has 11 heavy (non-hydrogen) atoms. The molecule has 0 spiro atoms. The minimum absolute atomic E-state index is 1.07. The molecule has 0 saturated carbocycles. The van der Waals surface area contributed by atoms with Gasteiger partial charge < -0.3 is 10.6 Å². The lowest BCUT2D eigenvalue weighted by molar-refractivity contribution is 0.328. The molecule has 64 valence electrons. The Morgan fingerprint density at radius 3 is 2.91 bits per heavy atom. The Morgan fingerprint density at radius 2 is 2.09 bits per heavy atom. The largest absolute Gasteiger partial charge is 0.402 e. The van der Waals surface area contributed by atoms with E-state index >= 15 is 0 Å². The second kappa shape index (κ2) is 4.39. The van der Waals surface area contributed by atoms with Crippen LogP contribution >= 0.6 is 0 Å². The summed E-state index contributed by atoms with van der Waals surface area (Å²) in [4.78, 5) is 2.38. The van der Waals surface area contributed by atoms with Gasteiger partial charge in [-0.2, -0.15) is 0 Å². The number of rotatable bonds is 0. The standard InChI is InChI=1S/C9H18N2/c1-11-7-3-2-5-9(10)6-4-8-11/h5H,2-4,6-8,10H2,1H3/b9-5+. The Balaban J connectivity index is 2.35. The van der Waals surface area contributed by atoms with Gasteiger partial charge >= 0.3 is 0 Å². The molecule has 0 saturated heterocycles. The molecule has 0 amide bonds. The maximum absolute atomic E-state index is 5.76. The van der Waals surface area contributed by atoms with Crippen molar-refractivity contribution < 1.29 is 0 Å².